The SMILES string of the molecule is NC1C2CCOC2C1NC(=O)c1c(F)cccc1F. The van der Waals surface area contributed by atoms with Crippen LogP contribution < -0.4 is 11.1 Å². The predicted octanol–water partition coefficient (Wildman–Crippen LogP) is 0.809. The molecule has 1 aliphatic heterocycles. The van der Waals surface area contributed by atoms with E-state index in [9.17, 15) is 13.6 Å². The summed E-state index contributed by atoms with van der Waals surface area (Å²) in [7, 11) is 0. The summed E-state index contributed by atoms with van der Waals surface area (Å²) in [5.74, 6) is -2.32. The van der Waals surface area contributed by atoms with Crippen LogP contribution in [0.25, 0.3) is 0 Å². The first-order valence-corrected chi connectivity index (χ1v) is 6.21. The Bertz CT molecular complexity index is 503. The quantitative estimate of drug-likeness (QED) is 0.834. The monoisotopic (exact) mass is 268 g/mol. The molecule has 0 aromatic heterocycles. The van der Waals surface area contributed by atoms with Gasteiger partial charge in [-0.1, -0.05) is 6.07 Å². The second-order valence-corrected chi connectivity index (χ2v) is 4.96. The molecule has 1 aromatic rings. The number of hydrogen-bond donors (Lipinski definition) is 2. The highest BCUT2D eigenvalue weighted by Gasteiger charge is 2.52. The molecule has 0 bridgehead atoms. The molecule has 0 spiro atoms. The Labute approximate surface area is 108 Å². The summed E-state index contributed by atoms with van der Waals surface area (Å²) >= 11 is 0. The van der Waals surface area contributed by atoms with Gasteiger partial charge in [0.25, 0.3) is 5.91 Å². The number of nitrogens with one attached hydrogen (secondary N) is 1. The van der Waals surface area contributed by atoms with Crippen LogP contribution in [0.5, 0.6) is 0 Å². The molecule has 6 heteroatoms. The third kappa shape index (κ3) is 1.91. The van der Waals surface area contributed by atoms with Gasteiger partial charge in [0.1, 0.15) is 17.2 Å². The summed E-state index contributed by atoms with van der Waals surface area (Å²) in [6.07, 6.45) is 0.737. The number of amides is 1. The first-order chi connectivity index (χ1) is 9.09. The van der Waals surface area contributed by atoms with Crippen LogP contribution in [-0.4, -0.2) is 30.7 Å². The van der Waals surface area contributed by atoms with Gasteiger partial charge < -0.3 is 15.8 Å². The van der Waals surface area contributed by atoms with E-state index in [1.807, 2.05) is 0 Å². The van der Waals surface area contributed by atoms with Crippen LogP contribution in [0, 0.1) is 17.6 Å². The fourth-order valence-electron chi connectivity index (χ4n) is 2.87. The lowest BCUT2D eigenvalue weighted by Crippen LogP contribution is -2.69. The summed E-state index contributed by atoms with van der Waals surface area (Å²) < 4.78 is 32.4. The topological polar surface area (TPSA) is 64.3 Å². The second kappa shape index (κ2) is 4.54. The summed E-state index contributed by atoms with van der Waals surface area (Å²) in [5.41, 5.74) is 5.36. The molecule has 3 rings (SSSR count). The molecular formula is C13H14F2N2O2. The molecule has 1 saturated heterocycles. The van der Waals surface area contributed by atoms with Crippen molar-refractivity contribution in [1.29, 1.82) is 0 Å². The second-order valence-electron chi connectivity index (χ2n) is 4.96. The highest BCUT2D eigenvalue weighted by molar-refractivity contribution is 5.95. The van der Waals surface area contributed by atoms with Gasteiger partial charge in [0, 0.05) is 18.6 Å². The summed E-state index contributed by atoms with van der Waals surface area (Å²) in [4.78, 5) is 11.9. The minimum atomic E-state index is -0.880. The van der Waals surface area contributed by atoms with Crippen LogP contribution in [0.3, 0.4) is 0 Å². The number of halogens is 2. The van der Waals surface area contributed by atoms with Crippen molar-refractivity contribution in [2.75, 3.05) is 6.61 Å². The molecule has 19 heavy (non-hydrogen) atoms. The highest BCUT2D eigenvalue weighted by atomic mass is 19.1. The Morgan fingerprint density at radius 1 is 1.37 bits per heavy atom. The number of hydrogen-bond acceptors (Lipinski definition) is 3. The van der Waals surface area contributed by atoms with Crippen molar-refractivity contribution < 1.29 is 18.3 Å². The van der Waals surface area contributed by atoms with Gasteiger partial charge in [0.2, 0.25) is 0 Å². The maximum absolute atomic E-state index is 13.5. The van der Waals surface area contributed by atoms with E-state index in [2.05, 4.69) is 5.32 Å². The van der Waals surface area contributed by atoms with E-state index < -0.39 is 23.1 Å². The standard InChI is InChI=1S/C13H14F2N2O2/c14-7-2-1-3-8(15)9(7)13(18)17-11-10(16)6-4-5-19-12(6)11/h1-3,6,10-12H,4-5,16H2,(H,17,18). The van der Waals surface area contributed by atoms with E-state index in [-0.39, 0.29) is 24.1 Å². The Kier molecular flexibility index (Phi) is 2.99. The lowest BCUT2D eigenvalue weighted by Gasteiger charge is -2.45. The van der Waals surface area contributed by atoms with Gasteiger partial charge in [-0.25, -0.2) is 8.78 Å². The maximum atomic E-state index is 13.5. The molecule has 0 radical (unpaired) electrons. The zero-order chi connectivity index (χ0) is 13.6. The zero-order valence-corrected chi connectivity index (χ0v) is 10.1. The number of carbonyl (C=O) groups excluding carboxylic acids is 1. The molecule has 1 aliphatic carbocycles. The highest BCUT2D eigenvalue weighted by Crippen LogP contribution is 2.37. The Morgan fingerprint density at radius 3 is 2.74 bits per heavy atom. The van der Waals surface area contributed by atoms with Gasteiger partial charge in [-0.05, 0) is 18.6 Å². The van der Waals surface area contributed by atoms with Crippen LogP contribution in [-0.2, 0) is 4.74 Å². The summed E-state index contributed by atoms with van der Waals surface area (Å²) in [6.45, 7) is 0.615. The number of benzene rings is 1. The first-order valence-electron chi connectivity index (χ1n) is 6.21. The molecule has 102 valence electrons. The Balaban J connectivity index is 1.75. The molecule has 1 saturated carbocycles. The zero-order valence-electron chi connectivity index (χ0n) is 10.1. The van der Waals surface area contributed by atoms with E-state index in [0.717, 1.165) is 18.6 Å². The fraction of sp³-hybridized carbons (Fsp3) is 0.462. The van der Waals surface area contributed by atoms with E-state index in [4.69, 9.17) is 10.5 Å². The molecule has 1 amide bonds. The van der Waals surface area contributed by atoms with E-state index in [1.165, 1.54) is 6.07 Å². The van der Waals surface area contributed by atoms with Crippen LogP contribution >= 0.6 is 0 Å². The number of carbonyl (C=O) groups is 1. The average Bonchev–Trinajstić information content (AvgIpc) is 2.80. The van der Waals surface area contributed by atoms with E-state index >= 15 is 0 Å². The minimum Gasteiger partial charge on any atom is -0.376 e. The van der Waals surface area contributed by atoms with Crippen molar-refractivity contribution in [2.45, 2.75) is 24.6 Å². The minimum absolute atomic E-state index is 0.131. The average molecular weight is 268 g/mol. The van der Waals surface area contributed by atoms with Crippen molar-refractivity contribution in [3.8, 4) is 0 Å². The number of nitrogens with two attached hydrogens (primary N) is 1. The van der Waals surface area contributed by atoms with Crippen LogP contribution in [0.2, 0.25) is 0 Å². The lowest BCUT2D eigenvalue weighted by atomic mass is 9.72. The summed E-state index contributed by atoms with van der Waals surface area (Å²) in [5, 5.41) is 2.57. The fourth-order valence-corrected chi connectivity index (χ4v) is 2.87. The smallest absolute Gasteiger partial charge is 0.257 e. The molecule has 1 heterocycles. The lowest BCUT2D eigenvalue weighted by molar-refractivity contribution is -0.0162. The van der Waals surface area contributed by atoms with Gasteiger partial charge >= 0.3 is 0 Å². The largest absolute Gasteiger partial charge is 0.376 e. The van der Waals surface area contributed by atoms with Gasteiger partial charge in [0.05, 0.1) is 12.1 Å². The van der Waals surface area contributed by atoms with Crippen molar-refractivity contribution >= 4 is 5.91 Å². The number of fused-ring (bicyclic) bond motifs is 1. The number of ether oxygens (including phenoxy) is 1. The molecule has 4 nitrogen and oxygen atoms in total. The Morgan fingerprint density at radius 2 is 2.05 bits per heavy atom. The predicted molar refractivity (Wildman–Crippen MR) is 63.4 cm³/mol. The molecule has 1 aromatic carbocycles. The maximum Gasteiger partial charge on any atom is 0.257 e. The van der Waals surface area contributed by atoms with Crippen molar-refractivity contribution in [1.82, 2.24) is 5.32 Å². The van der Waals surface area contributed by atoms with Crippen molar-refractivity contribution in [3.63, 3.8) is 0 Å². The van der Waals surface area contributed by atoms with E-state index in [0.29, 0.717) is 6.61 Å². The van der Waals surface area contributed by atoms with Gasteiger partial charge in [-0.2, -0.15) is 0 Å². The molecular weight excluding hydrogens is 254 g/mol. The number of rotatable bonds is 2. The van der Waals surface area contributed by atoms with Gasteiger partial charge in [-0.15, -0.1) is 0 Å². The third-order valence-corrected chi connectivity index (χ3v) is 3.93. The molecule has 2 aliphatic rings. The Hall–Kier alpha value is -1.53. The van der Waals surface area contributed by atoms with Crippen LogP contribution in [0.1, 0.15) is 16.8 Å². The normalized spacial score (nSPS) is 32.6. The first kappa shape index (κ1) is 12.5. The van der Waals surface area contributed by atoms with Crippen LogP contribution in [0.15, 0.2) is 18.2 Å². The molecule has 2 fully saturated rings. The van der Waals surface area contributed by atoms with E-state index in [1.54, 1.807) is 0 Å². The van der Waals surface area contributed by atoms with Gasteiger partial charge in [-0.3, -0.25) is 4.79 Å². The summed E-state index contributed by atoms with van der Waals surface area (Å²) in [6, 6.07) is 2.72. The third-order valence-electron chi connectivity index (χ3n) is 3.93. The van der Waals surface area contributed by atoms with Crippen molar-refractivity contribution in [3.05, 3.63) is 35.4 Å². The van der Waals surface area contributed by atoms with Gasteiger partial charge in [0.15, 0.2) is 0 Å². The van der Waals surface area contributed by atoms with Crippen LogP contribution in [0.4, 0.5) is 8.78 Å². The van der Waals surface area contributed by atoms with Crippen molar-refractivity contribution in [2.24, 2.45) is 11.7 Å². The molecule has 4 unspecified atom stereocenters. The molecule has 4 atom stereocenters. The molecule has 3 N–H and O–H groups in total.